The van der Waals surface area contributed by atoms with E-state index in [1.165, 1.54) is 5.57 Å². The van der Waals surface area contributed by atoms with Crippen molar-refractivity contribution < 1.29 is 4.79 Å². The van der Waals surface area contributed by atoms with Crippen LogP contribution >= 0.6 is 0 Å². The molecule has 2 rings (SSSR count). The normalized spacial score (nSPS) is 31.6. The summed E-state index contributed by atoms with van der Waals surface area (Å²) in [6, 6.07) is 0.514. The van der Waals surface area contributed by atoms with E-state index in [1.54, 1.807) is 0 Å². The fourth-order valence-corrected chi connectivity index (χ4v) is 1.86. The summed E-state index contributed by atoms with van der Waals surface area (Å²) in [5.41, 5.74) is 1.22. The number of hydrogen-bond acceptors (Lipinski definition) is 1. The molecule has 0 aromatic carbocycles. The zero-order valence-electron chi connectivity index (χ0n) is 5.97. The molecule has 2 aliphatic heterocycles. The molecule has 0 unspecified atom stereocenters. The molecular formula is C8H11NO. The van der Waals surface area contributed by atoms with E-state index in [4.69, 9.17) is 0 Å². The van der Waals surface area contributed by atoms with Gasteiger partial charge in [-0.1, -0.05) is 12.2 Å². The first-order valence-electron chi connectivity index (χ1n) is 3.73. The molecule has 1 atom stereocenters. The molecule has 10 heavy (non-hydrogen) atoms. The second-order valence-corrected chi connectivity index (χ2v) is 3.17. The highest BCUT2D eigenvalue weighted by molar-refractivity contribution is 5.79. The van der Waals surface area contributed by atoms with Crippen molar-refractivity contribution in [3.8, 4) is 0 Å². The Hall–Kier alpha value is -0.790. The quantitative estimate of drug-likeness (QED) is 0.455. The lowest BCUT2D eigenvalue weighted by atomic mass is 10.1. The van der Waals surface area contributed by atoms with E-state index >= 15 is 0 Å². The van der Waals surface area contributed by atoms with Crippen LogP contribution in [0.15, 0.2) is 12.2 Å². The monoisotopic (exact) mass is 137 g/mol. The van der Waals surface area contributed by atoms with Gasteiger partial charge in [-0.3, -0.25) is 4.79 Å². The van der Waals surface area contributed by atoms with E-state index in [0.717, 1.165) is 25.8 Å². The van der Waals surface area contributed by atoms with E-state index in [-0.39, 0.29) is 0 Å². The Morgan fingerprint density at radius 3 is 3.10 bits per heavy atom. The SMILES string of the molecule is C=C1C[C@@H]2CCC(=O)N2C1. The number of carbonyl (C=O) groups is 1. The maximum absolute atomic E-state index is 11.1. The predicted molar refractivity (Wildman–Crippen MR) is 38.5 cm³/mol. The summed E-state index contributed by atoms with van der Waals surface area (Å²) < 4.78 is 0. The number of hydrogen-bond donors (Lipinski definition) is 0. The van der Waals surface area contributed by atoms with Gasteiger partial charge in [-0.2, -0.15) is 0 Å². The molecule has 2 aliphatic rings. The van der Waals surface area contributed by atoms with Crippen molar-refractivity contribution in [3.63, 3.8) is 0 Å². The molecule has 1 amide bonds. The van der Waals surface area contributed by atoms with E-state index in [1.807, 2.05) is 4.90 Å². The molecule has 2 saturated heterocycles. The van der Waals surface area contributed by atoms with Gasteiger partial charge >= 0.3 is 0 Å². The fourth-order valence-electron chi connectivity index (χ4n) is 1.86. The summed E-state index contributed by atoms with van der Waals surface area (Å²) in [6.07, 6.45) is 2.86. The molecule has 0 spiro atoms. The second-order valence-electron chi connectivity index (χ2n) is 3.17. The maximum Gasteiger partial charge on any atom is 0.223 e. The highest BCUT2D eigenvalue weighted by atomic mass is 16.2. The standard InChI is InChI=1S/C8H11NO/c1-6-4-7-2-3-8(10)9(7)5-6/h7H,1-5H2/t7-/m0/s1. The third-order valence-electron chi connectivity index (χ3n) is 2.37. The van der Waals surface area contributed by atoms with Gasteiger partial charge in [0.1, 0.15) is 0 Å². The van der Waals surface area contributed by atoms with Gasteiger partial charge < -0.3 is 4.90 Å². The maximum atomic E-state index is 11.1. The molecule has 2 heterocycles. The predicted octanol–water partition coefficient (Wildman–Crippen LogP) is 0.937. The van der Waals surface area contributed by atoms with Crippen molar-refractivity contribution in [3.05, 3.63) is 12.2 Å². The van der Waals surface area contributed by atoms with Crippen molar-refractivity contribution in [2.75, 3.05) is 6.54 Å². The zero-order valence-corrected chi connectivity index (χ0v) is 5.97. The highest BCUT2D eigenvalue weighted by Gasteiger charge is 2.35. The molecule has 2 fully saturated rings. The summed E-state index contributed by atoms with van der Waals surface area (Å²) >= 11 is 0. The summed E-state index contributed by atoms with van der Waals surface area (Å²) in [5, 5.41) is 0. The third kappa shape index (κ3) is 0.681. The van der Waals surface area contributed by atoms with Crippen LogP contribution < -0.4 is 0 Å². The lowest BCUT2D eigenvalue weighted by Gasteiger charge is -2.12. The Balaban J connectivity index is 2.19. The fraction of sp³-hybridized carbons (Fsp3) is 0.625. The van der Waals surface area contributed by atoms with Crippen LogP contribution in [0.25, 0.3) is 0 Å². The lowest BCUT2D eigenvalue weighted by Crippen LogP contribution is -2.26. The molecule has 0 aromatic rings. The highest BCUT2D eigenvalue weighted by Crippen LogP contribution is 2.30. The molecule has 0 N–H and O–H groups in total. The molecule has 0 saturated carbocycles. The summed E-state index contributed by atoms with van der Waals surface area (Å²) in [4.78, 5) is 13.0. The molecule has 2 heteroatoms. The van der Waals surface area contributed by atoms with Crippen molar-refractivity contribution in [1.29, 1.82) is 0 Å². The van der Waals surface area contributed by atoms with E-state index in [0.29, 0.717) is 11.9 Å². The average Bonchev–Trinajstić information content (AvgIpc) is 2.35. The van der Waals surface area contributed by atoms with Crippen LogP contribution in [0, 0.1) is 0 Å². The van der Waals surface area contributed by atoms with Crippen LogP contribution in [-0.2, 0) is 4.79 Å². The van der Waals surface area contributed by atoms with Crippen molar-refractivity contribution in [2.24, 2.45) is 0 Å². The molecule has 0 radical (unpaired) electrons. The van der Waals surface area contributed by atoms with E-state index < -0.39 is 0 Å². The van der Waals surface area contributed by atoms with E-state index in [9.17, 15) is 4.79 Å². The Bertz CT molecular complexity index is 197. The third-order valence-corrected chi connectivity index (χ3v) is 2.37. The van der Waals surface area contributed by atoms with Crippen LogP contribution in [0.1, 0.15) is 19.3 Å². The van der Waals surface area contributed by atoms with Gasteiger partial charge in [0.05, 0.1) is 0 Å². The zero-order chi connectivity index (χ0) is 7.14. The first kappa shape index (κ1) is 5.96. The van der Waals surface area contributed by atoms with Gasteiger partial charge in [-0.15, -0.1) is 0 Å². The van der Waals surface area contributed by atoms with Crippen LogP contribution in [0.5, 0.6) is 0 Å². The minimum Gasteiger partial charge on any atom is -0.335 e. The second kappa shape index (κ2) is 1.84. The summed E-state index contributed by atoms with van der Waals surface area (Å²) in [6.45, 7) is 4.70. The van der Waals surface area contributed by atoms with Crippen LogP contribution in [0.4, 0.5) is 0 Å². The molecule has 0 aromatic heterocycles. The summed E-state index contributed by atoms with van der Waals surface area (Å²) in [5.74, 6) is 0.323. The average molecular weight is 137 g/mol. The van der Waals surface area contributed by atoms with Crippen molar-refractivity contribution >= 4 is 5.91 Å². The number of carbonyl (C=O) groups excluding carboxylic acids is 1. The van der Waals surface area contributed by atoms with Gasteiger partial charge in [0.25, 0.3) is 0 Å². The number of amides is 1. The van der Waals surface area contributed by atoms with Gasteiger partial charge in [0.2, 0.25) is 5.91 Å². The molecule has 0 bridgehead atoms. The minimum atomic E-state index is 0.323. The molecule has 0 aliphatic carbocycles. The Kier molecular flexibility index (Phi) is 1.10. The van der Waals surface area contributed by atoms with Crippen LogP contribution in [0.2, 0.25) is 0 Å². The van der Waals surface area contributed by atoms with Gasteiger partial charge in [-0.25, -0.2) is 0 Å². The Morgan fingerprint density at radius 2 is 2.40 bits per heavy atom. The largest absolute Gasteiger partial charge is 0.335 e. The van der Waals surface area contributed by atoms with Gasteiger partial charge in [0.15, 0.2) is 0 Å². The topological polar surface area (TPSA) is 20.3 Å². The Labute approximate surface area is 60.5 Å². The number of fused-ring (bicyclic) bond motifs is 1. The van der Waals surface area contributed by atoms with Crippen LogP contribution in [0.3, 0.4) is 0 Å². The van der Waals surface area contributed by atoms with Crippen LogP contribution in [-0.4, -0.2) is 23.4 Å². The van der Waals surface area contributed by atoms with E-state index in [2.05, 4.69) is 6.58 Å². The van der Waals surface area contributed by atoms with Crippen molar-refractivity contribution in [1.82, 2.24) is 4.90 Å². The first-order valence-corrected chi connectivity index (χ1v) is 3.73. The minimum absolute atomic E-state index is 0.323. The molecule has 54 valence electrons. The smallest absolute Gasteiger partial charge is 0.223 e. The Morgan fingerprint density at radius 1 is 1.60 bits per heavy atom. The van der Waals surface area contributed by atoms with Gasteiger partial charge in [-0.05, 0) is 12.8 Å². The molecular weight excluding hydrogens is 126 g/mol. The lowest BCUT2D eigenvalue weighted by molar-refractivity contribution is -0.127. The van der Waals surface area contributed by atoms with Gasteiger partial charge in [0, 0.05) is 19.0 Å². The number of rotatable bonds is 0. The molecule has 2 nitrogen and oxygen atoms in total. The number of nitrogens with zero attached hydrogens (tertiary/aromatic N) is 1. The van der Waals surface area contributed by atoms with Crippen molar-refractivity contribution in [2.45, 2.75) is 25.3 Å². The summed E-state index contributed by atoms with van der Waals surface area (Å²) in [7, 11) is 0. The first-order chi connectivity index (χ1) is 4.77.